The predicted octanol–water partition coefficient (Wildman–Crippen LogP) is 2.51. The summed E-state index contributed by atoms with van der Waals surface area (Å²) in [5.74, 6) is -6.61. The van der Waals surface area contributed by atoms with Crippen LogP contribution in [-0.4, -0.2) is 131 Å². The van der Waals surface area contributed by atoms with Crippen molar-refractivity contribution in [2.45, 2.75) is 135 Å². The van der Waals surface area contributed by atoms with Gasteiger partial charge in [-0.15, -0.1) is 0 Å². The Morgan fingerprint density at radius 3 is 1.81 bits per heavy atom. The summed E-state index contributed by atoms with van der Waals surface area (Å²) in [6, 6.07) is 9.91. The van der Waals surface area contributed by atoms with E-state index < -0.39 is 114 Å². The summed E-state index contributed by atoms with van der Waals surface area (Å²) >= 11 is 0. The lowest BCUT2D eigenvalue weighted by Crippen LogP contribution is -2.60. The topological polar surface area (TPSA) is 314 Å². The van der Waals surface area contributed by atoms with E-state index in [-0.39, 0.29) is 38.4 Å². The van der Waals surface area contributed by atoms with Crippen molar-refractivity contribution < 1.29 is 43.5 Å². The zero-order valence-electron chi connectivity index (χ0n) is 42.7. The van der Waals surface area contributed by atoms with Crippen molar-refractivity contribution in [3.8, 4) is 0 Å². The zero-order valence-corrected chi connectivity index (χ0v) is 42.7. The van der Waals surface area contributed by atoms with E-state index in [0.29, 0.717) is 49.5 Å². The summed E-state index contributed by atoms with van der Waals surface area (Å²) in [5, 5.41) is 29.2. The molecule has 12 N–H and O–H groups in total. The number of aliphatic carboxylic acids is 1. The molecule has 0 unspecified atom stereocenters. The monoisotopic (exact) mass is 1010 g/mol. The number of rotatable bonds is 23. The Morgan fingerprint density at radius 2 is 1.22 bits per heavy atom. The van der Waals surface area contributed by atoms with Gasteiger partial charge in [0, 0.05) is 19.6 Å². The van der Waals surface area contributed by atoms with Crippen LogP contribution in [0.4, 0.5) is 0 Å². The van der Waals surface area contributed by atoms with Gasteiger partial charge in [0.15, 0.2) is 5.96 Å². The number of likely N-dealkylation sites (tertiary alicyclic amines) is 2. The van der Waals surface area contributed by atoms with Gasteiger partial charge in [-0.05, 0) is 94.2 Å². The van der Waals surface area contributed by atoms with Crippen LogP contribution < -0.4 is 43.8 Å². The van der Waals surface area contributed by atoms with Crippen molar-refractivity contribution in [3.05, 3.63) is 60.2 Å². The smallest absolute Gasteiger partial charge is 0.326 e. The van der Waals surface area contributed by atoms with E-state index in [2.05, 4.69) is 31.6 Å². The highest BCUT2D eigenvalue weighted by Gasteiger charge is 2.43. The number of nitrogens with zero attached hydrogens (tertiary/aromatic N) is 3. The Kier molecular flexibility index (Phi) is 18.6. The molecule has 6 rings (SSSR count). The molecule has 394 valence electrons. The van der Waals surface area contributed by atoms with Gasteiger partial charge in [0.05, 0.1) is 12.6 Å². The quantitative estimate of drug-likeness (QED) is 0.0224. The molecule has 0 bridgehead atoms. The SMILES string of the molecule is CC[C@H](C)[C@H](NC(=O)[C@@H](NC(=O)[C@@H]1CCCN1C(=O)[C@@H](NC(=O)[C@@H]1CCCN1C(=O)CNC(=O)[C@@H](N)CCCN=C(N)N)c1ccc2ccc3cccc4ccc1c2c34)[C@@H](C)CC)C(=O)N[C@H](C(=O)O)C(C)C. The molecule has 20 nitrogen and oxygen atoms in total. The first kappa shape index (κ1) is 55.2. The number of nitrogens with one attached hydrogen (secondary N) is 5. The van der Waals surface area contributed by atoms with Gasteiger partial charge in [-0.2, -0.15) is 0 Å². The van der Waals surface area contributed by atoms with Gasteiger partial charge in [-0.1, -0.05) is 109 Å². The second kappa shape index (κ2) is 24.6. The molecule has 0 radical (unpaired) electrons. The van der Waals surface area contributed by atoms with Gasteiger partial charge in [0.1, 0.15) is 36.3 Å². The van der Waals surface area contributed by atoms with Crippen LogP contribution in [0, 0.1) is 17.8 Å². The summed E-state index contributed by atoms with van der Waals surface area (Å²) < 4.78 is 0. The molecule has 9 atom stereocenters. The minimum absolute atomic E-state index is 0.0735. The highest BCUT2D eigenvalue weighted by molar-refractivity contribution is 6.24. The van der Waals surface area contributed by atoms with Crippen molar-refractivity contribution >= 4 is 85.6 Å². The van der Waals surface area contributed by atoms with E-state index in [4.69, 9.17) is 17.2 Å². The highest BCUT2D eigenvalue weighted by atomic mass is 16.4. The van der Waals surface area contributed by atoms with E-state index in [0.717, 1.165) is 26.9 Å². The van der Waals surface area contributed by atoms with E-state index in [9.17, 15) is 38.7 Å². The molecule has 4 aromatic carbocycles. The standard InChI is InChI=1S/C53H73N11O9/c1-7-29(5)43(50(70)61-44(30(6)8-2)49(69)59-42(28(3)4)52(72)73)60-48(68)38-17-12-26-64(38)51(71)45(35-23-21-33-19-18-31-13-9-14-32-20-22-34(35)41(33)40(31)32)62-47(67)37-16-11-25-63(37)39(65)27-58-46(66)36(54)15-10-24-57-53(55)56/h9,13-14,18-23,28-30,36-38,42-45H,7-8,10-12,15-17,24-27,54H2,1-6H3,(H,58,66)(H,59,69)(H,60,68)(H,61,70)(H,62,67)(H,72,73)(H4,55,56,57)/t29-,30-,36-,37-,38-,42-,43-,44-,45-/m0/s1. The summed E-state index contributed by atoms with van der Waals surface area (Å²) in [5.41, 5.74) is 17.3. The summed E-state index contributed by atoms with van der Waals surface area (Å²) in [6.45, 7) is 10.9. The minimum Gasteiger partial charge on any atom is -0.480 e. The number of carbonyl (C=O) groups excluding carboxylic acids is 7. The maximum Gasteiger partial charge on any atom is 0.326 e. The Bertz CT molecular complexity index is 2690. The Labute approximate surface area is 425 Å². The lowest BCUT2D eigenvalue weighted by atomic mass is 9.89. The molecule has 7 amide bonds. The maximum atomic E-state index is 15.4. The van der Waals surface area contributed by atoms with E-state index in [1.54, 1.807) is 33.8 Å². The third-order valence-electron chi connectivity index (χ3n) is 14.7. The predicted molar refractivity (Wildman–Crippen MR) is 279 cm³/mol. The third kappa shape index (κ3) is 12.8. The average molecular weight is 1010 g/mol. The third-order valence-corrected chi connectivity index (χ3v) is 14.7. The second-order valence-corrected chi connectivity index (χ2v) is 20.0. The number of amides is 7. The van der Waals surface area contributed by atoms with Crippen LogP contribution in [0.1, 0.15) is 105 Å². The van der Waals surface area contributed by atoms with Crippen LogP contribution in [-0.2, 0) is 38.4 Å². The summed E-state index contributed by atoms with van der Waals surface area (Å²) in [7, 11) is 0. The lowest BCUT2D eigenvalue weighted by molar-refractivity contribution is -0.144. The molecular formula is C53H73N11O9. The van der Waals surface area contributed by atoms with Crippen molar-refractivity contribution in [2.24, 2.45) is 39.9 Å². The summed E-state index contributed by atoms with van der Waals surface area (Å²) in [6.07, 6.45) is 3.13. The molecule has 73 heavy (non-hydrogen) atoms. The van der Waals surface area contributed by atoms with Crippen molar-refractivity contribution in [2.75, 3.05) is 26.2 Å². The Hall–Kier alpha value is -7.09. The van der Waals surface area contributed by atoms with Gasteiger partial charge < -0.3 is 58.7 Å². The molecule has 0 aliphatic carbocycles. The van der Waals surface area contributed by atoms with Crippen LogP contribution in [0.25, 0.3) is 32.3 Å². The van der Waals surface area contributed by atoms with Gasteiger partial charge in [0.25, 0.3) is 5.91 Å². The normalized spacial score (nSPS) is 18.6. The largest absolute Gasteiger partial charge is 0.480 e. The van der Waals surface area contributed by atoms with Crippen LogP contribution in [0.2, 0.25) is 0 Å². The zero-order chi connectivity index (χ0) is 53.3. The number of aliphatic imine (C=N–C) groups is 1. The second-order valence-electron chi connectivity index (χ2n) is 20.0. The number of hydrogen-bond acceptors (Lipinski definition) is 10. The number of hydrogen-bond donors (Lipinski definition) is 9. The minimum atomic E-state index is -1.33. The van der Waals surface area contributed by atoms with E-state index in [1.165, 1.54) is 9.80 Å². The fraction of sp³-hybridized carbons (Fsp3) is 0.528. The fourth-order valence-electron chi connectivity index (χ4n) is 10.0. The van der Waals surface area contributed by atoms with Gasteiger partial charge in [0.2, 0.25) is 35.4 Å². The Morgan fingerprint density at radius 1 is 0.685 bits per heavy atom. The molecular weight excluding hydrogens is 935 g/mol. The molecule has 0 aromatic heterocycles. The first-order valence-electron chi connectivity index (χ1n) is 25.6. The molecule has 0 spiro atoms. The van der Waals surface area contributed by atoms with Crippen LogP contribution >= 0.6 is 0 Å². The lowest BCUT2D eigenvalue weighted by Gasteiger charge is -2.33. The number of carboxylic acids is 1. The number of carboxylic acid groups (broad SMARTS) is 1. The first-order valence-corrected chi connectivity index (χ1v) is 25.6. The van der Waals surface area contributed by atoms with Gasteiger partial charge in [-0.3, -0.25) is 38.6 Å². The van der Waals surface area contributed by atoms with Gasteiger partial charge in [-0.25, -0.2) is 4.79 Å². The van der Waals surface area contributed by atoms with E-state index in [1.807, 2.05) is 62.4 Å². The molecule has 0 saturated carbocycles. The molecule has 20 heteroatoms. The molecule has 4 aromatic rings. The fourth-order valence-corrected chi connectivity index (χ4v) is 10.0. The van der Waals surface area contributed by atoms with E-state index >= 15 is 4.79 Å². The van der Waals surface area contributed by atoms with Gasteiger partial charge >= 0.3 is 5.97 Å². The van der Waals surface area contributed by atoms with Crippen molar-refractivity contribution in [3.63, 3.8) is 0 Å². The molecule has 2 saturated heterocycles. The average Bonchev–Trinajstić information content (AvgIpc) is 4.08. The molecule has 2 aliphatic heterocycles. The molecule has 2 fully saturated rings. The summed E-state index contributed by atoms with van der Waals surface area (Å²) in [4.78, 5) is 118. The van der Waals surface area contributed by atoms with Crippen LogP contribution in [0.5, 0.6) is 0 Å². The highest BCUT2D eigenvalue weighted by Crippen LogP contribution is 2.39. The molecule has 2 aliphatic rings. The number of benzene rings is 4. The molecule has 2 heterocycles. The van der Waals surface area contributed by atoms with Crippen molar-refractivity contribution in [1.29, 1.82) is 0 Å². The number of guanidine groups is 1. The van der Waals surface area contributed by atoms with Crippen molar-refractivity contribution in [1.82, 2.24) is 36.4 Å². The Balaban J connectivity index is 1.27. The van der Waals surface area contributed by atoms with Crippen LogP contribution in [0.3, 0.4) is 0 Å². The van der Waals surface area contributed by atoms with Crippen LogP contribution in [0.15, 0.2) is 59.6 Å². The number of nitrogens with two attached hydrogens (primary N) is 3. The number of carbonyl (C=O) groups is 8. The maximum absolute atomic E-state index is 15.4. The first-order chi connectivity index (χ1) is 34.8.